The van der Waals surface area contributed by atoms with E-state index in [4.69, 9.17) is 0 Å². The summed E-state index contributed by atoms with van der Waals surface area (Å²) in [5.74, 6) is 0.241. The predicted molar refractivity (Wildman–Crippen MR) is 89.2 cm³/mol. The summed E-state index contributed by atoms with van der Waals surface area (Å²) in [6, 6.07) is 0. The molecule has 2 heterocycles. The quantitative estimate of drug-likeness (QED) is 0.909. The van der Waals surface area contributed by atoms with E-state index in [0.29, 0.717) is 0 Å². The van der Waals surface area contributed by atoms with Crippen LogP contribution in [0.2, 0.25) is 0 Å². The Bertz CT molecular complexity index is 714. The van der Waals surface area contributed by atoms with Gasteiger partial charge in [0, 0.05) is 22.7 Å². The number of amides is 1. The highest BCUT2D eigenvalue weighted by atomic mass is 32.1. The van der Waals surface area contributed by atoms with E-state index < -0.39 is 0 Å². The van der Waals surface area contributed by atoms with Crippen LogP contribution in [0.1, 0.15) is 54.1 Å². The first-order valence-corrected chi connectivity index (χ1v) is 9.30. The molecule has 0 radical (unpaired) electrons. The number of carbonyl (C=O) groups excluding carboxylic acids is 1. The standard InChI is InChI=1S/C17H22N4OS/c1-11-10-23-16(19-11)17(6-2-3-7-17)20-15(22)12-4-5-14-13(8-12)9-18-21-14/h9-10,12H,2-8H2,1H3,(H,18,21)(H,20,22). The second kappa shape index (κ2) is 5.74. The molecule has 2 aliphatic carbocycles. The Kier molecular flexibility index (Phi) is 3.71. The van der Waals surface area contributed by atoms with E-state index in [9.17, 15) is 4.79 Å². The summed E-state index contributed by atoms with van der Waals surface area (Å²) in [7, 11) is 0. The van der Waals surface area contributed by atoms with E-state index in [0.717, 1.165) is 55.6 Å². The zero-order valence-electron chi connectivity index (χ0n) is 13.4. The Morgan fingerprint density at radius 2 is 2.26 bits per heavy atom. The summed E-state index contributed by atoms with van der Waals surface area (Å²) in [5, 5.41) is 13.7. The molecular weight excluding hydrogens is 308 g/mol. The molecule has 23 heavy (non-hydrogen) atoms. The van der Waals surface area contributed by atoms with Gasteiger partial charge in [0.2, 0.25) is 5.91 Å². The Balaban J connectivity index is 1.52. The molecule has 4 rings (SSSR count). The van der Waals surface area contributed by atoms with Gasteiger partial charge < -0.3 is 5.32 Å². The molecule has 0 saturated heterocycles. The second-order valence-electron chi connectivity index (χ2n) is 6.89. The van der Waals surface area contributed by atoms with Crippen molar-refractivity contribution in [3.63, 3.8) is 0 Å². The second-order valence-corrected chi connectivity index (χ2v) is 7.74. The first kappa shape index (κ1) is 14.9. The fraction of sp³-hybridized carbons (Fsp3) is 0.588. The minimum atomic E-state index is -0.229. The van der Waals surface area contributed by atoms with Gasteiger partial charge in [0.25, 0.3) is 0 Å². The van der Waals surface area contributed by atoms with Crippen molar-refractivity contribution < 1.29 is 4.79 Å². The lowest BCUT2D eigenvalue weighted by Crippen LogP contribution is -2.47. The number of aromatic amines is 1. The average molecular weight is 330 g/mol. The molecule has 0 spiro atoms. The van der Waals surface area contributed by atoms with Crippen LogP contribution in [-0.4, -0.2) is 21.1 Å². The Labute approximate surface area is 139 Å². The smallest absolute Gasteiger partial charge is 0.224 e. The average Bonchev–Trinajstić information content (AvgIpc) is 3.26. The van der Waals surface area contributed by atoms with Crippen LogP contribution in [0.4, 0.5) is 0 Å². The Morgan fingerprint density at radius 1 is 1.43 bits per heavy atom. The van der Waals surface area contributed by atoms with Crippen molar-refractivity contribution in [3.8, 4) is 0 Å². The number of nitrogens with one attached hydrogen (secondary N) is 2. The summed E-state index contributed by atoms with van der Waals surface area (Å²) in [6.07, 6.45) is 8.81. The van der Waals surface area contributed by atoms with E-state index in [2.05, 4.69) is 25.9 Å². The highest BCUT2D eigenvalue weighted by molar-refractivity contribution is 7.09. The zero-order valence-corrected chi connectivity index (χ0v) is 14.2. The molecule has 1 amide bonds. The molecule has 6 heteroatoms. The topological polar surface area (TPSA) is 70.7 Å². The number of H-pyrrole nitrogens is 1. The SMILES string of the molecule is Cc1csc(C2(NC(=O)C3CCc4[nH]ncc4C3)CCCC2)n1. The first-order valence-electron chi connectivity index (χ1n) is 8.42. The minimum absolute atomic E-state index is 0.0543. The van der Waals surface area contributed by atoms with Crippen molar-refractivity contribution in [3.05, 3.63) is 33.5 Å². The van der Waals surface area contributed by atoms with Crippen molar-refractivity contribution in [1.29, 1.82) is 0 Å². The predicted octanol–water partition coefficient (Wildman–Crippen LogP) is 2.87. The lowest BCUT2D eigenvalue weighted by Gasteiger charge is -2.31. The normalized spacial score (nSPS) is 22.7. The minimum Gasteiger partial charge on any atom is -0.344 e. The van der Waals surface area contributed by atoms with Gasteiger partial charge in [0.05, 0.1) is 11.7 Å². The first-order chi connectivity index (χ1) is 11.2. The van der Waals surface area contributed by atoms with Gasteiger partial charge in [-0.2, -0.15) is 5.10 Å². The van der Waals surface area contributed by atoms with E-state index in [-0.39, 0.29) is 17.4 Å². The number of hydrogen-bond donors (Lipinski definition) is 2. The van der Waals surface area contributed by atoms with Gasteiger partial charge in [-0.15, -0.1) is 11.3 Å². The number of nitrogens with zero attached hydrogens (tertiary/aromatic N) is 2. The number of aryl methyl sites for hydroxylation is 2. The summed E-state index contributed by atoms with van der Waals surface area (Å²) < 4.78 is 0. The van der Waals surface area contributed by atoms with Gasteiger partial charge in [-0.05, 0) is 44.6 Å². The molecule has 2 aromatic rings. The zero-order chi connectivity index (χ0) is 15.9. The molecule has 0 bridgehead atoms. The van der Waals surface area contributed by atoms with Crippen LogP contribution in [0.15, 0.2) is 11.6 Å². The van der Waals surface area contributed by atoms with Gasteiger partial charge in [0.1, 0.15) is 5.01 Å². The maximum atomic E-state index is 12.9. The lowest BCUT2D eigenvalue weighted by atomic mass is 9.86. The highest BCUT2D eigenvalue weighted by Crippen LogP contribution is 2.40. The number of fused-ring (bicyclic) bond motifs is 1. The molecule has 2 N–H and O–H groups in total. The van der Waals surface area contributed by atoms with Crippen molar-refractivity contribution in [1.82, 2.24) is 20.5 Å². The number of aromatic nitrogens is 3. The molecule has 2 aliphatic rings. The van der Waals surface area contributed by atoms with Crippen LogP contribution in [0.25, 0.3) is 0 Å². The molecule has 0 aliphatic heterocycles. The lowest BCUT2D eigenvalue weighted by molar-refractivity contribution is -0.127. The van der Waals surface area contributed by atoms with E-state index >= 15 is 0 Å². The Morgan fingerprint density at radius 3 is 3.00 bits per heavy atom. The third-order valence-electron chi connectivity index (χ3n) is 5.24. The van der Waals surface area contributed by atoms with Crippen LogP contribution in [-0.2, 0) is 23.2 Å². The Hall–Kier alpha value is -1.69. The van der Waals surface area contributed by atoms with Gasteiger partial charge in [-0.1, -0.05) is 12.8 Å². The number of rotatable bonds is 3. The molecule has 0 aromatic carbocycles. The van der Waals surface area contributed by atoms with Crippen molar-refractivity contribution in [2.45, 2.75) is 57.4 Å². The molecule has 1 fully saturated rings. The van der Waals surface area contributed by atoms with E-state index in [1.165, 1.54) is 11.3 Å². The largest absolute Gasteiger partial charge is 0.344 e. The van der Waals surface area contributed by atoms with E-state index in [1.54, 1.807) is 11.3 Å². The fourth-order valence-corrected chi connectivity index (χ4v) is 4.93. The monoisotopic (exact) mass is 330 g/mol. The van der Waals surface area contributed by atoms with Crippen LogP contribution < -0.4 is 5.32 Å². The van der Waals surface area contributed by atoms with Gasteiger partial charge in [-0.3, -0.25) is 9.89 Å². The molecule has 122 valence electrons. The van der Waals surface area contributed by atoms with Crippen LogP contribution in [0, 0.1) is 12.8 Å². The summed E-state index contributed by atoms with van der Waals surface area (Å²) in [4.78, 5) is 17.6. The van der Waals surface area contributed by atoms with Gasteiger partial charge in [0.15, 0.2) is 0 Å². The van der Waals surface area contributed by atoms with E-state index in [1.807, 2.05) is 13.1 Å². The molecule has 1 saturated carbocycles. The molecule has 1 atom stereocenters. The third kappa shape index (κ3) is 2.69. The van der Waals surface area contributed by atoms with Crippen LogP contribution in [0.3, 0.4) is 0 Å². The van der Waals surface area contributed by atoms with Crippen LogP contribution in [0.5, 0.6) is 0 Å². The van der Waals surface area contributed by atoms with Gasteiger partial charge in [-0.25, -0.2) is 4.98 Å². The number of thiazole rings is 1. The van der Waals surface area contributed by atoms with Gasteiger partial charge >= 0.3 is 0 Å². The molecular formula is C17H22N4OS. The van der Waals surface area contributed by atoms with Crippen molar-refractivity contribution in [2.24, 2.45) is 5.92 Å². The third-order valence-corrected chi connectivity index (χ3v) is 6.40. The summed E-state index contributed by atoms with van der Waals surface area (Å²) >= 11 is 1.68. The summed E-state index contributed by atoms with van der Waals surface area (Å²) in [5.41, 5.74) is 3.21. The maximum Gasteiger partial charge on any atom is 0.224 e. The number of hydrogen-bond acceptors (Lipinski definition) is 4. The molecule has 5 nitrogen and oxygen atoms in total. The molecule has 2 aromatic heterocycles. The number of carbonyl (C=O) groups is 1. The highest BCUT2D eigenvalue weighted by Gasteiger charge is 2.41. The fourth-order valence-electron chi connectivity index (χ4n) is 3.92. The molecule has 1 unspecified atom stereocenters. The summed E-state index contributed by atoms with van der Waals surface area (Å²) in [6.45, 7) is 2.02. The maximum absolute atomic E-state index is 12.9. The van der Waals surface area contributed by atoms with Crippen molar-refractivity contribution >= 4 is 17.2 Å². The van der Waals surface area contributed by atoms with Crippen molar-refractivity contribution in [2.75, 3.05) is 0 Å². The van der Waals surface area contributed by atoms with Crippen LogP contribution >= 0.6 is 11.3 Å².